The number of carbonyl (C=O) groups is 1. The van der Waals surface area contributed by atoms with Crippen LogP contribution in [0, 0.1) is 0 Å². The van der Waals surface area contributed by atoms with Gasteiger partial charge in [-0.3, -0.25) is 10.1 Å². The van der Waals surface area contributed by atoms with Crippen molar-refractivity contribution in [3.05, 3.63) is 0 Å². The van der Waals surface area contributed by atoms with Gasteiger partial charge in [-0.15, -0.1) is 0 Å². The molecule has 2 aliphatic carbocycles. The van der Waals surface area contributed by atoms with Crippen molar-refractivity contribution in [2.45, 2.75) is 82.5 Å². The van der Waals surface area contributed by atoms with Crippen molar-refractivity contribution in [2.24, 2.45) is 0 Å². The lowest BCUT2D eigenvalue weighted by molar-refractivity contribution is -0.151. The molecule has 0 aromatic rings. The number of nitrogens with one attached hydrogen (secondary N) is 1. The molecule has 2 fully saturated rings. The summed E-state index contributed by atoms with van der Waals surface area (Å²) in [4.78, 5) is 14.8. The molecule has 4 heteroatoms. The predicted molar refractivity (Wildman–Crippen MR) is 80.7 cm³/mol. The Morgan fingerprint density at radius 3 is 2.70 bits per heavy atom. The standard InChI is InChI=1S/C16H30N2O2/c1-5-12(2)18(3)14-7-6-10-16(11-14,15(19)20-4)17-13-8-9-13/h12-14,17H,5-11H2,1-4H3. The van der Waals surface area contributed by atoms with E-state index in [1.165, 1.54) is 26.4 Å². The van der Waals surface area contributed by atoms with Gasteiger partial charge in [-0.25, -0.2) is 0 Å². The lowest BCUT2D eigenvalue weighted by atomic mass is 9.78. The Balaban J connectivity index is 2.09. The molecule has 3 atom stereocenters. The van der Waals surface area contributed by atoms with Gasteiger partial charge in [0.05, 0.1) is 7.11 Å². The van der Waals surface area contributed by atoms with Crippen LogP contribution in [0.2, 0.25) is 0 Å². The Labute approximate surface area is 123 Å². The molecule has 0 amide bonds. The number of ether oxygens (including phenoxy) is 1. The third-order valence-corrected chi connectivity index (χ3v) is 5.22. The lowest BCUT2D eigenvalue weighted by Crippen LogP contribution is -2.59. The number of nitrogens with zero attached hydrogens (tertiary/aromatic N) is 1. The van der Waals surface area contributed by atoms with E-state index in [1.54, 1.807) is 0 Å². The van der Waals surface area contributed by atoms with E-state index >= 15 is 0 Å². The van der Waals surface area contributed by atoms with Crippen LogP contribution in [0.15, 0.2) is 0 Å². The summed E-state index contributed by atoms with van der Waals surface area (Å²) in [6.45, 7) is 4.49. The first-order valence-electron chi connectivity index (χ1n) is 8.10. The van der Waals surface area contributed by atoms with Gasteiger partial charge in [-0.2, -0.15) is 0 Å². The smallest absolute Gasteiger partial charge is 0.326 e. The molecule has 2 aliphatic rings. The molecular weight excluding hydrogens is 252 g/mol. The highest BCUT2D eigenvalue weighted by Crippen LogP contribution is 2.36. The molecule has 1 N–H and O–H groups in total. The highest BCUT2D eigenvalue weighted by Gasteiger charge is 2.47. The van der Waals surface area contributed by atoms with Crippen molar-refractivity contribution in [1.29, 1.82) is 0 Å². The molecule has 0 aromatic heterocycles. The molecule has 0 saturated heterocycles. The molecule has 4 nitrogen and oxygen atoms in total. The Bertz CT molecular complexity index is 343. The molecule has 0 aliphatic heterocycles. The summed E-state index contributed by atoms with van der Waals surface area (Å²) < 4.78 is 5.12. The number of methoxy groups -OCH3 is 1. The van der Waals surface area contributed by atoms with Gasteiger partial charge in [0.15, 0.2) is 0 Å². The zero-order chi connectivity index (χ0) is 14.8. The second-order valence-electron chi connectivity index (χ2n) is 6.67. The van der Waals surface area contributed by atoms with Crippen molar-refractivity contribution < 1.29 is 9.53 Å². The zero-order valence-electron chi connectivity index (χ0n) is 13.4. The van der Waals surface area contributed by atoms with E-state index in [0.29, 0.717) is 18.1 Å². The fourth-order valence-corrected chi connectivity index (χ4v) is 3.43. The third-order valence-electron chi connectivity index (χ3n) is 5.22. The molecule has 2 rings (SSSR count). The largest absolute Gasteiger partial charge is 0.468 e. The fraction of sp³-hybridized carbons (Fsp3) is 0.938. The summed E-state index contributed by atoms with van der Waals surface area (Å²) in [6, 6.07) is 1.57. The summed E-state index contributed by atoms with van der Waals surface area (Å²) in [5.74, 6) is -0.0633. The molecule has 2 saturated carbocycles. The summed E-state index contributed by atoms with van der Waals surface area (Å²) in [5.41, 5.74) is -0.444. The number of esters is 1. The van der Waals surface area contributed by atoms with Crippen LogP contribution in [0.3, 0.4) is 0 Å². The topological polar surface area (TPSA) is 41.6 Å². The van der Waals surface area contributed by atoms with E-state index in [2.05, 4.69) is 31.1 Å². The van der Waals surface area contributed by atoms with Crippen LogP contribution in [0.25, 0.3) is 0 Å². The predicted octanol–water partition coefficient (Wildman–Crippen LogP) is 2.32. The second kappa shape index (κ2) is 6.44. The van der Waals surface area contributed by atoms with Gasteiger partial charge in [-0.05, 0) is 58.9 Å². The van der Waals surface area contributed by atoms with Crippen LogP contribution < -0.4 is 5.32 Å². The molecule has 3 unspecified atom stereocenters. The minimum Gasteiger partial charge on any atom is -0.468 e. The van der Waals surface area contributed by atoms with E-state index in [9.17, 15) is 4.79 Å². The van der Waals surface area contributed by atoms with E-state index < -0.39 is 5.54 Å². The molecular formula is C16H30N2O2. The van der Waals surface area contributed by atoms with Crippen molar-refractivity contribution in [3.63, 3.8) is 0 Å². The summed E-state index contributed by atoms with van der Waals surface area (Å²) in [7, 11) is 3.71. The van der Waals surface area contributed by atoms with Crippen molar-refractivity contribution in [1.82, 2.24) is 10.2 Å². The van der Waals surface area contributed by atoms with E-state index in [4.69, 9.17) is 4.74 Å². The van der Waals surface area contributed by atoms with E-state index in [1.807, 2.05) is 0 Å². The maximum Gasteiger partial charge on any atom is 0.326 e. The number of hydrogen-bond acceptors (Lipinski definition) is 4. The molecule has 0 aromatic carbocycles. The van der Waals surface area contributed by atoms with Crippen LogP contribution in [-0.4, -0.2) is 48.7 Å². The van der Waals surface area contributed by atoms with Crippen LogP contribution in [0.5, 0.6) is 0 Å². The second-order valence-corrected chi connectivity index (χ2v) is 6.67. The number of carbonyl (C=O) groups excluding carboxylic acids is 1. The van der Waals surface area contributed by atoms with Crippen molar-refractivity contribution in [3.8, 4) is 0 Å². The SMILES string of the molecule is CCC(C)N(C)C1CCCC(NC2CC2)(C(=O)OC)C1. The average Bonchev–Trinajstić information content (AvgIpc) is 3.28. The third kappa shape index (κ3) is 3.34. The Hall–Kier alpha value is -0.610. The summed E-state index contributed by atoms with van der Waals surface area (Å²) >= 11 is 0. The first kappa shape index (κ1) is 15.8. The quantitative estimate of drug-likeness (QED) is 0.759. The molecule has 0 spiro atoms. The normalized spacial score (nSPS) is 32.1. The molecule has 20 heavy (non-hydrogen) atoms. The Morgan fingerprint density at radius 1 is 1.45 bits per heavy atom. The van der Waals surface area contributed by atoms with Gasteiger partial charge in [0.1, 0.15) is 5.54 Å². The van der Waals surface area contributed by atoms with Gasteiger partial charge in [0.2, 0.25) is 0 Å². The van der Waals surface area contributed by atoms with Crippen LogP contribution >= 0.6 is 0 Å². The molecule has 0 radical (unpaired) electrons. The van der Waals surface area contributed by atoms with E-state index in [0.717, 1.165) is 25.7 Å². The van der Waals surface area contributed by atoms with Crippen LogP contribution in [0.1, 0.15) is 58.8 Å². The molecule has 0 bridgehead atoms. The van der Waals surface area contributed by atoms with Gasteiger partial charge in [0.25, 0.3) is 0 Å². The van der Waals surface area contributed by atoms with Crippen molar-refractivity contribution >= 4 is 5.97 Å². The van der Waals surface area contributed by atoms with Crippen molar-refractivity contribution in [2.75, 3.05) is 14.2 Å². The number of hydrogen-bond donors (Lipinski definition) is 1. The maximum absolute atomic E-state index is 12.4. The minimum atomic E-state index is -0.444. The average molecular weight is 282 g/mol. The number of rotatable bonds is 6. The first-order valence-corrected chi connectivity index (χ1v) is 8.10. The van der Waals surface area contributed by atoms with Crippen LogP contribution in [-0.2, 0) is 9.53 Å². The Kier molecular flexibility index (Phi) is 5.08. The molecule has 0 heterocycles. The lowest BCUT2D eigenvalue weighted by Gasteiger charge is -2.44. The minimum absolute atomic E-state index is 0.0633. The van der Waals surface area contributed by atoms with E-state index in [-0.39, 0.29) is 5.97 Å². The van der Waals surface area contributed by atoms with Gasteiger partial charge in [-0.1, -0.05) is 6.92 Å². The molecule has 116 valence electrons. The first-order chi connectivity index (χ1) is 9.52. The van der Waals surface area contributed by atoms with Gasteiger partial charge in [0, 0.05) is 18.1 Å². The fourth-order valence-electron chi connectivity index (χ4n) is 3.43. The zero-order valence-corrected chi connectivity index (χ0v) is 13.4. The Morgan fingerprint density at radius 2 is 2.15 bits per heavy atom. The van der Waals surface area contributed by atoms with Crippen LogP contribution in [0.4, 0.5) is 0 Å². The maximum atomic E-state index is 12.4. The highest BCUT2D eigenvalue weighted by molar-refractivity contribution is 5.81. The summed E-state index contributed by atoms with van der Waals surface area (Å²) in [6.07, 6.45) is 7.63. The monoisotopic (exact) mass is 282 g/mol. The summed E-state index contributed by atoms with van der Waals surface area (Å²) in [5, 5.41) is 3.60. The highest BCUT2D eigenvalue weighted by atomic mass is 16.5. The van der Waals surface area contributed by atoms with Gasteiger partial charge >= 0.3 is 5.97 Å². The van der Waals surface area contributed by atoms with Gasteiger partial charge < -0.3 is 9.64 Å².